The van der Waals surface area contributed by atoms with Gasteiger partial charge in [0.25, 0.3) is 11.7 Å². The van der Waals surface area contributed by atoms with Crippen molar-refractivity contribution in [1.29, 1.82) is 0 Å². The first kappa shape index (κ1) is 21.7. The fourth-order valence-electron chi connectivity index (χ4n) is 3.40. The number of ether oxygens (including phenoxy) is 3. The van der Waals surface area contributed by atoms with Crippen molar-refractivity contribution in [1.82, 2.24) is 4.90 Å². The maximum atomic E-state index is 12.9. The van der Waals surface area contributed by atoms with E-state index in [0.717, 1.165) is 0 Å². The molecular formula is C22H22ClNO6. The van der Waals surface area contributed by atoms with Crippen LogP contribution in [-0.2, 0) is 14.3 Å². The Kier molecular flexibility index (Phi) is 6.64. The molecule has 0 spiro atoms. The van der Waals surface area contributed by atoms with E-state index in [4.69, 9.17) is 25.8 Å². The number of ketones is 1. The maximum absolute atomic E-state index is 12.9. The number of aliphatic hydroxyl groups is 1. The standard InChI is InChI=1S/C22H22ClNO6/c1-28-11-10-24-19(13-4-7-15(29-2)8-5-13)18(21(26)22(24)27)20(25)14-6-9-16(23)17(12-14)30-3/h4-9,12,19,25H,10-11H2,1-3H3/b20-18-. The normalized spacial score (nSPS) is 18.0. The Bertz CT molecular complexity index is 986. The second-order valence-electron chi connectivity index (χ2n) is 6.61. The Morgan fingerprint density at radius 2 is 1.77 bits per heavy atom. The molecule has 158 valence electrons. The van der Waals surface area contributed by atoms with E-state index in [1.165, 1.54) is 25.2 Å². The molecule has 0 saturated carbocycles. The van der Waals surface area contributed by atoms with Crippen molar-refractivity contribution in [2.75, 3.05) is 34.5 Å². The molecule has 1 saturated heterocycles. The van der Waals surface area contributed by atoms with Gasteiger partial charge in [-0.25, -0.2) is 0 Å². The molecule has 0 bridgehead atoms. The summed E-state index contributed by atoms with van der Waals surface area (Å²) in [5.41, 5.74) is 0.971. The zero-order valence-corrected chi connectivity index (χ0v) is 17.6. The Hall–Kier alpha value is -3.03. The van der Waals surface area contributed by atoms with Gasteiger partial charge in [0.2, 0.25) is 0 Å². The lowest BCUT2D eigenvalue weighted by atomic mass is 9.95. The van der Waals surface area contributed by atoms with Crippen molar-refractivity contribution < 1.29 is 28.9 Å². The van der Waals surface area contributed by atoms with Gasteiger partial charge in [0.05, 0.1) is 37.5 Å². The predicted molar refractivity (Wildman–Crippen MR) is 112 cm³/mol. The smallest absolute Gasteiger partial charge is 0.295 e. The van der Waals surface area contributed by atoms with Gasteiger partial charge in [0.1, 0.15) is 17.3 Å². The summed E-state index contributed by atoms with van der Waals surface area (Å²) in [6.45, 7) is 0.437. The molecule has 0 aromatic heterocycles. The van der Waals surface area contributed by atoms with Gasteiger partial charge in [-0.1, -0.05) is 23.7 Å². The van der Waals surface area contributed by atoms with Gasteiger partial charge in [-0.05, 0) is 35.9 Å². The SMILES string of the molecule is COCCN1C(=O)C(=O)/C(=C(\O)c2ccc(Cl)c(OC)c2)C1c1ccc(OC)cc1. The van der Waals surface area contributed by atoms with Crippen LogP contribution in [0.2, 0.25) is 5.02 Å². The molecule has 2 aromatic rings. The number of hydrogen-bond donors (Lipinski definition) is 1. The number of carbonyl (C=O) groups is 2. The van der Waals surface area contributed by atoms with Crippen LogP contribution in [-0.4, -0.2) is 56.2 Å². The van der Waals surface area contributed by atoms with Crippen LogP contribution in [0.3, 0.4) is 0 Å². The molecule has 7 nitrogen and oxygen atoms in total. The summed E-state index contributed by atoms with van der Waals surface area (Å²) in [4.78, 5) is 27.0. The molecule has 3 rings (SSSR count). The van der Waals surface area contributed by atoms with Crippen LogP contribution in [0.5, 0.6) is 11.5 Å². The lowest BCUT2D eigenvalue weighted by Gasteiger charge is -2.25. The summed E-state index contributed by atoms with van der Waals surface area (Å²) in [6.07, 6.45) is 0. The van der Waals surface area contributed by atoms with Gasteiger partial charge in [0.15, 0.2) is 0 Å². The Balaban J connectivity index is 2.16. The first-order valence-corrected chi connectivity index (χ1v) is 9.56. The Morgan fingerprint density at radius 1 is 1.07 bits per heavy atom. The number of methoxy groups -OCH3 is 3. The first-order chi connectivity index (χ1) is 14.4. The van der Waals surface area contributed by atoms with Crippen molar-refractivity contribution in [3.05, 3.63) is 64.2 Å². The molecule has 1 N–H and O–H groups in total. The van der Waals surface area contributed by atoms with Gasteiger partial charge < -0.3 is 24.2 Å². The molecule has 8 heteroatoms. The van der Waals surface area contributed by atoms with Crippen molar-refractivity contribution in [3.63, 3.8) is 0 Å². The van der Waals surface area contributed by atoms with Gasteiger partial charge in [-0.15, -0.1) is 0 Å². The second kappa shape index (κ2) is 9.19. The number of amides is 1. The third-order valence-electron chi connectivity index (χ3n) is 4.93. The van der Waals surface area contributed by atoms with Crippen LogP contribution in [0, 0.1) is 0 Å². The van der Waals surface area contributed by atoms with E-state index < -0.39 is 17.7 Å². The van der Waals surface area contributed by atoms with Crippen molar-refractivity contribution >= 4 is 29.1 Å². The first-order valence-electron chi connectivity index (χ1n) is 9.18. The number of likely N-dealkylation sites (tertiary alicyclic amines) is 1. The van der Waals surface area contributed by atoms with Crippen molar-refractivity contribution in [2.45, 2.75) is 6.04 Å². The monoisotopic (exact) mass is 431 g/mol. The van der Waals surface area contributed by atoms with E-state index in [-0.39, 0.29) is 24.5 Å². The summed E-state index contributed by atoms with van der Waals surface area (Å²) in [5, 5.41) is 11.4. The number of hydrogen-bond acceptors (Lipinski definition) is 6. The molecule has 1 unspecified atom stereocenters. The molecule has 2 aromatic carbocycles. The Labute approximate surface area is 179 Å². The average Bonchev–Trinajstić information content (AvgIpc) is 3.02. The third kappa shape index (κ3) is 3.99. The molecule has 1 heterocycles. The minimum atomic E-state index is -0.771. The van der Waals surface area contributed by atoms with Crippen LogP contribution in [0.4, 0.5) is 0 Å². The minimum Gasteiger partial charge on any atom is -0.507 e. The van der Waals surface area contributed by atoms with Gasteiger partial charge in [-0.2, -0.15) is 0 Å². The lowest BCUT2D eigenvalue weighted by Crippen LogP contribution is -2.32. The van der Waals surface area contributed by atoms with Crippen molar-refractivity contribution in [2.24, 2.45) is 0 Å². The van der Waals surface area contributed by atoms with E-state index in [0.29, 0.717) is 27.6 Å². The third-order valence-corrected chi connectivity index (χ3v) is 5.24. The van der Waals surface area contributed by atoms with E-state index in [1.807, 2.05) is 0 Å². The van der Waals surface area contributed by atoms with Crippen LogP contribution in [0.15, 0.2) is 48.0 Å². The van der Waals surface area contributed by atoms with E-state index in [2.05, 4.69) is 0 Å². The maximum Gasteiger partial charge on any atom is 0.295 e. The largest absolute Gasteiger partial charge is 0.507 e. The van der Waals surface area contributed by atoms with Crippen LogP contribution in [0.25, 0.3) is 5.76 Å². The summed E-state index contributed by atoms with van der Waals surface area (Å²) in [6, 6.07) is 10.8. The number of nitrogens with zero attached hydrogens (tertiary/aromatic N) is 1. The highest BCUT2D eigenvalue weighted by Crippen LogP contribution is 2.40. The molecule has 1 amide bonds. The predicted octanol–water partition coefficient (Wildman–Crippen LogP) is 3.43. The molecule has 1 atom stereocenters. The minimum absolute atomic E-state index is 0.00866. The van der Waals surface area contributed by atoms with E-state index in [9.17, 15) is 14.7 Å². The van der Waals surface area contributed by atoms with E-state index >= 15 is 0 Å². The number of aliphatic hydroxyl groups excluding tert-OH is 1. The fourth-order valence-corrected chi connectivity index (χ4v) is 3.59. The zero-order valence-electron chi connectivity index (χ0n) is 16.8. The topological polar surface area (TPSA) is 85.3 Å². The molecule has 0 radical (unpaired) electrons. The van der Waals surface area contributed by atoms with Crippen LogP contribution >= 0.6 is 11.6 Å². The number of rotatable bonds is 7. The summed E-state index contributed by atoms with van der Waals surface area (Å²) in [7, 11) is 4.51. The quantitative estimate of drug-likeness (QED) is 0.410. The number of halogens is 1. The van der Waals surface area contributed by atoms with Gasteiger partial charge in [0, 0.05) is 19.2 Å². The highest BCUT2D eigenvalue weighted by atomic mass is 35.5. The zero-order chi connectivity index (χ0) is 21.8. The lowest BCUT2D eigenvalue weighted by molar-refractivity contribution is -0.140. The van der Waals surface area contributed by atoms with Crippen LogP contribution in [0.1, 0.15) is 17.2 Å². The molecular weight excluding hydrogens is 410 g/mol. The number of carbonyl (C=O) groups excluding carboxylic acids is 2. The summed E-state index contributed by atoms with van der Waals surface area (Å²) in [5.74, 6) is -0.789. The average molecular weight is 432 g/mol. The summed E-state index contributed by atoms with van der Waals surface area (Å²) < 4.78 is 15.5. The van der Waals surface area contributed by atoms with Crippen LogP contribution < -0.4 is 9.47 Å². The number of Topliss-reactive ketones (excluding diaryl/α,β-unsaturated/α-hetero) is 1. The second-order valence-corrected chi connectivity index (χ2v) is 7.01. The molecule has 0 aliphatic carbocycles. The summed E-state index contributed by atoms with van der Waals surface area (Å²) >= 11 is 6.07. The van der Waals surface area contributed by atoms with Gasteiger partial charge >= 0.3 is 0 Å². The highest BCUT2D eigenvalue weighted by Gasteiger charge is 2.45. The molecule has 30 heavy (non-hydrogen) atoms. The highest BCUT2D eigenvalue weighted by molar-refractivity contribution is 6.46. The van der Waals surface area contributed by atoms with Gasteiger partial charge in [-0.3, -0.25) is 9.59 Å². The molecule has 1 fully saturated rings. The van der Waals surface area contributed by atoms with Crippen molar-refractivity contribution in [3.8, 4) is 11.5 Å². The molecule has 1 aliphatic rings. The fraction of sp³-hybridized carbons (Fsp3) is 0.273. The Morgan fingerprint density at radius 3 is 2.37 bits per heavy atom. The van der Waals surface area contributed by atoms with E-state index in [1.54, 1.807) is 43.5 Å². The number of benzene rings is 2. The molecule has 1 aliphatic heterocycles.